The van der Waals surface area contributed by atoms with Gasteiger partial charge in [-0.05, 0) is 23.3 Å². The molecule has 0 unspecified atom stereocenters. The Bertz CT molecular complexity index is 652. The summed E-state index contributed by atoms with van der Waals surface area (Å²) in [7, 11) is 1.66. The number of halogens is 4. The Balaban J connectivity index is 2.13. The van der Waals surface area contributed by atoms with Crippen LogP contribution in [-0.4, -0.2) is 21.9 Å². The number of carbonyl (C=O) groups excluding carboxylic acids is 1. The molecule has 0 radical (unpaired) electrons. The first-order valence-electron chi connectivity index (χ1n) is 6.35. The van der Waals surface area contributed by atoms with Crippen LogP contribution in [0.2, 0.25) is 5.02 Å². The standard InChI is InChI=1S/C14H13ClF3N3O/c1-21-8-9(7-19-21)6-12(22)20-13(14(16,17)18)10-2-4-11(15)5-3-10/h2-5,7-8,13H,6H2,1H3,(H,20,22)/t13-/m0/s1. The normalized spacial score (nSPS) is 13.0. The number of aryl methyl sites for hydroxylation is 1. The quantitative estimate of drug-likeness (QED) is 0.936. The molecule has 0 aliphatic heterocycles. The molecule has 0 saturated heterocycles. The number of benzene rings is 1. The zero-order valence-corrected chi connectivity index (χ0v) is 12.3. The zero-order chi connectivity index (χ0) is 16.3. The summed E-state index contributed by atoms with van der Waals surface area (Å²) >= 11 is 5.67. The van der Waals surface area contributed by atoms with Gasteiger partial charge in [-0.2, -0.15) is 18.3 Å². The average Bonchev–Trinajstić information content (AvgIpc) is 2.81. The van der Waals surface area contributed by atoms with Crippen LogP contribution in [0.1, 0.15) is 17.2 Å². The molecule has 1 amide bonds. The van der Waals surface area contributed by atoms with E-state index in [1.807, 2.05) is 5.32 Å². The molecule has 1 heterocycles. The monoisotopic (exact) mass is 331 g/mol. The van der Waals surface area contributed by atoms with Crippen LogP contribution in [0.4, 0.5) is 13.2 Å². The van der Waals surface area contributed by atoms with E-state index in [2.05, 4.69) is 5.10 Å². The van der Waals surface area contributed by atoms with Gasteiger partial charge in [-0.25, -0.2) is 0 Å². The van der Waals surface area contributed by atoms with E-state index < -0.39 is 18.1 Å². The number of amides is 1. The van der Waals surface area contributed by atoms with Crippen molar-refractivity contribution in [2.75, 3.05) is 0 Å². The third-order valence-electron chi connectivity index (χ3n) is 2.96. The number of hydrogen-bond donors (Lipinski definition) is 1. The second-order valence-electron chi connectivity index (χ2n) is 4.79. The Kier molecular flexibility index (Phi) is 4.75. The molecule has 1 aromatic heterocycles. The summed E-state index contributed by atoms with van der Waals surface area (Å²) in [6, 6.07) is 3.11. The SMILES string of the molecule is Cn1cc(CC(=O)N[C@@H](c2ccc(Cl)cc2)C(F)(F)F)cn1. The van der Waals surface area contributed by atoms with Crippen LogP contribution in [0.5, 0.6) is 0 Å². The van der Waals surface area contributed by atoms with Crippen LogP contribution >= 0.6 is 11.6 Å². The van der Waals surface area contributed by atoms with Crippen molar-refractivity contribution in [1.29, 1.82) is 0 Å². The summed E-state index contributed by atoms with van der Waals surface area (Å²) < 4.78 is 40.9. The average molecular weight is 332 g/mol. The van der Waals surface area contributed by atoms with E-state index in [9.17, 15) is 18.0 Å². The highest BCUT2D eigenvalue weighted by atomic mass is 35.5. The Morgan fingerprint density at radius 2 is 2.00 bits per heavy atom. The minimum atomic E-state index is -4.60. The first-order valence-corrected chi connectivity index (χ1v) is 6.72. The lowest BCUT2D eigenvalue weighted by molar-refractivity contribution is -0.163. The molecule has 0 aliphatic carbocycles. The van der Waals surface area contributed by atoms with E-state index in [-0.39, 0.29) is 12.0 Å². The fourth-order valence-corrected chi connectivity index (χ4v) is 2.10. The first-order chi connectivity index (χ1) is 10.3. The van der Waals surface area contributed by atoms with Crippen molar-refractivity contribution in [3.05, 3.63) is 52.8 Å². The first kappa shape index (κ1) is 16.4. The molecule has 8 heteroatoms. The van der Waals surface area contributed by atoms with Crippen LogP contribution < -0.4 is 5.32 Å². The maximum absolute atomic E-state index is 13.1. The van der Waals surface area contributed by atoms with Crippen LogP contribution in [0.25, 0.3) is 0 Å². The lowest BCUT2D eigenvalue weighted by Gasteiger charge is -2.22. The number of nitrogens with one attached hydrogen (secondary N) is 1. The second kappa shape index (κ2) is 6.39. The van der Waals surface area contributed by atoms with Crippen molar-refractivity contribution in [2.24, 2.45) is 7.05 Å². The molecule has 4 nitrogen and oxygen atoms in total. The summed E-state index contributed by atoms with van der Waals surface area (Å²) in [5.74, 6) is -0.731. The minimum absolute atomic E-state index is 0.0727. The lowest BCUT2D eigenvalue weighted by atomic mass is 10.1. The van der Waals surface area contributed by atoms with Crippen LogP contribution in [0.3, 0.4) is 0 Å². The van der Waals surface area contributed by atoms with Crippen molar-refractivity contribution < 1.29 is 18.0 Å². The molecule has 1 atom stereocenters. The van der Waals surface area contributed by atoms with Crippen molar-refractivity contribution in [3.8, 4) is 0 Å². The number of hydrogen-bond acceptors (Lipinski definition) is 2. The van der Waals surface area contributed by atoms with Gasteiger partial charge in [-0.15, -0.1) is 0 Å². The van der Waals surface area contributed by atoms with Gasteiger partial charge in [0.1, 0.15) is 0 Å². The van der Waals surface area contributed by atoms with Gasteiger partial charge in [0.25, 0.3) is 0 Å². The summed E-state index contributed by atoms with van der Waals surface area (Å²) in [4.78, 5) is 11.8. The molecule has 1 aromatic carbocycles. The van der Waals surface area contributed by atoms with E-state index in [0.717, 1.165) is 0 Å². The molecule has 2 rings (SSSR count). The summed E-state index contributed by atoms with van der Waals surface area (Å²) in [5.41, 5.74) is 0.466. The molecule has 22 heavy (non-hydrogen) atoms. The fourth-order valence-electron chi connectivity index (χ4n) is 1.97. The molecule has 0 fully saturated rings. The third kappa shape index (κ3) is 4.24. The van der Waals surface area contributed by atoms with E-state index >= 15 is 0 Å². The molecular weight excluding hydrogens is 319 g/mol. The van der Waals surface area contributed by atoms with Gasteiger partial charge in [0.2, 0.25) is 5.91 Å². The minimum Gasteiger partial charge on any atom is -0.341 e. The van der Waals surface area contributed by atoms with Crippen LogP contribution in [-0.2, 0) is 18.3 Å². The zero-order valence-electron chi connectivity index (χ0n) is 11.6. The predicted octanol–water partition coefficient (Wildman–Crippen LogP) is 3.04. The molecule has 1 N–H and O–H groups in total. The molecule has 0 aliphatic rings. The summed E-state index contributed by atoms with van der Waals surface area (Å²) in [6.45, 7) is 0. The molecule has 118 valence electrons. The van der Waals surface area contributed by atoms with Crippen LogP contribution in [0.15, 0.2) is 36.7 Å². The number of nitrogens with zero attached hydrogens (tertiary/aromatic N) is 2. The van der Waals surface area contributed by atoms with Gasteiger partial charge < -0.3 is 5.32 Å². The van der Waals surface area contributed by atoms with E-state index in [4.69, 9.17) is 11.6 Å². The maximum atomic E-state index is 13.1. The van der Waals surface area contributed by atoms with Crippen molar-refractivity contribution >= 4 is 17.5 Å². The molecule has 0 spiro atoms. The maximum Gasteiger partial charge on any atom is 0.412 e. The van der Waals surface area contributed by atoms with Gasteiger partial charge in [0.05, 0.1) is 12.6 Å². The highest BCUT2D eigenvalue weighted by Crippen LogP contribution is 2.33. The molecule has 2 aromatic rings. The van der Waals surface area contributed by atoms with Gasteiger partial charge >= 0.3 is 6.18 Å². The van der Waals surface area contributed by atoms with Gasteiger partial charge in [0, 0.05) is 18.3 Å². The Labute approximate surface area is 129 Å². The van der Waals surface area contributed by atoms with Gasteiger partial charge in [-0.3, -0.25) is 9.48 Å². The summed E-state index contributed by atoms with van der Waals surface area (Å²) in [5, 5.41) is 6.20. The molecule has 0 saturated carbocycles. The smallest absolute Gasteiger partial charge is 0.341 e. The van der Waals surface area contributed by atoms with E-state index in [0.29, 0.717) is 10.6 Å². The lowest BCUT2D eigenvalue weighted by Crippen LogP contribution is -2.38. The highest BCUT2D eigenvalue weighted by Gasteiger charge is 2.41. The largest absolute Gasteiger partial charge is 0.412 e. The summed E-state index contributed by atoms with van der Waals surface area (Å²) in [6.07, 6.45) is -1.76. The Morgan fingerprint density at radius 3 is 2.50 bits per heavy atom. The second-order valence-corrected chi connectivity index (χ2v) is 5.23. The highest BCUT2D eigenvalue weighted by molar-refractivity contribution is 6.30. The van der Waals surface area contributed by atoms with Crippen molar-refractivity contribution in [1.82, 2.24) is 15.1 Å². The van der Waals surface area contributed by atoms with Crippen LogP contribution in [0, 0.1) is 0 Å². The van der Waals surface area contributed by atoms with Crippen molar-refractivity contribution in [2.45, 2.75) is 18.6 Å². The van der Waals surface area contributed by atoms with Gasteiger partial charge in [-0.1, -0.05) is 23.7 Å². The third-order valence-corrected chi connectivity index (χ3v) is 3.21. The fraction of sp³-hybridized carbons (Fsp3) is 0.286. The van der Waals surface area contributed by atoms with Gasteiger partial charge in [0.15, 0.2) is 6.04 Å². The number of carbonyl (C=O) groups is 1. The van der Waals surface area contributed by atoms with Crippen molar-refractivity contribution in [3.63, 3.8) is 0 Å². The van der Waals surface area contributed by atoms with E-state index in [1.54, 1.807) is 13.2 Å². The topological polar surface area (TPSA) is 46.9 Å². The molecule has 0 bridgehead atoms. The molecular formula is C14H13ClF3N3O. The number of aromatic nitrogens is 2. The number of rotatable bonds is 4. The number of alkyl halides is 3. The Hall–Kier alpha value is -2.02. The predicted molar refractivity (Wildman–Crippen MR) is 75.3 cm³/mol. The van der Waals surface area contributed by atoms with E-state index in [1.165, 1.54) is 35.1 Å². The Morgan fingerprint density at radius 1 is 1.36 bits per heavy atom.